The maximum absolute atomic E-state index is 13.0. The molecule has 0 saturated carbocycles. The fourth-order valence-electron chi connectivity index (χ4n) is 4.01. The highest BCUT2D eigenvalue weighted by Crippen LogP contribution is 2.35. The predicted octanol–water partition coefficient (Wildman–Crippen LogP) is 5.76. The van der Waals surface area contributed by atoms with Gasteiger partial charge in [0.2, 0.25) is 0 Å². The lowest BCUT2D eigenvalue weighted by Crippen LogP contribution is -2.26. The van der Waals surface area contributed by atoms with Gasteiger partial charge in [-0.25, -0.2) is 18.2 Å². The second-order valence-electron chi connectivity index (χ2n) is 7.92. The summed E-state index contributed by atoms with van der Waals surface area (Å²) in [5, 5.41) is 1.79. The number of halogens is 1. The number of rotatable bonds is 5. The van der Waals surface area contributed by atoms with Gasteiger partial charge in [-0.15, -0.1) is 0 Å². The molecule has 0 spiro atoms. The van der Waals surface area contributed by atoms with Gasteiger partial charge in [0.15, 0.2) is 0 Å². The number of sulfonamides is 1. The van der Waals surface area contributed by atoms with Gasteiger partial charge in [0, 0.05) is 33.4 Å². The maximum Gasteiger partial charge on any atom is 0.356 e. The monoisotopic (exact) mass is 549 g/mol. The Morgan fingerprint density at radius 1 is 0.971 bits per heavy atom. The summed E-state index contributed by atoms with van der Waals surface area (Å²) >= 11 is 3.49. The standard InChI is InChI=1S/C26H20BrN3O4S/c1-30(35(32,33)19-6-4-3-5-7-19)18-11-8-16(9-12-18)24-25-21(15-23(29-24)26(31)34-2)20-13-10-17(27)14-22(20)28-25/h3-15,28H,1-2H3. The third-order valence-corrected chi connectivity index (χ3v) is 8.14. The number of benzene rings is 3. The van der Waals surface area contributed by atoms with Crippen LogP contribution in [0.3, 0.4) is 0 Å². The molecular formula is C26H20BrN3O4S. The van der Waals surface area contributed by atoms with Crippen molar-refractivity contribution in [2.24, 2.45) is 0 Å². The Labute approximate surface area is 210 Å². The topological polar surface area (TPSA) is 92.4 Å². The maximum atomic E-state index is 13.0. The third-order valence-electron chi connectivity index (χ3n) is 5.85. The van der Waals surface area contributed by atoms with Crippen LogP contribution in [0, 0.1) is 0 Å². The van der Waals surface area contributed by atoms with Gasteiger partial charge in [-0.05, 0) is 42.5 Å². The van der Waals surface area contributed by atoms with Crippen LogP contribution in [-0.2, 0) is 14.8 Å². The number of aromatic amines is 1. The number of methoxy groups -OCH3 is 1. The summed E-state index contributed by atoms with van der Waals surface area (Å²) in [7, 11) is -0.868. The smallest absolute Gasteiger partial charge is 0.356 e. The number of fused-ring (bicyclic) bond motifs is 3. The Morgan fingerprint density at radius 2 is 1.69 bits per heavy atom. The number of ether oxygens (including phenoxy) is 1. The molecular weight excluding hydrogens is 530 g/mol. The number of carbonyl (C=O) groups is 1. The van der Waals surface area contributed by atoms with Gasteiger partial charge in [-0.3, -0.25) is 4.31 Å². The highest BCUT2D eigenvalue weighted by molar-refractivity contribution is 9.10. The van der Waals surface area contributed by atoms with E-state index >= 15 is 0 Å². The minimum absolute atomic E-state index is 0.187. The summed E-state index contributed by atoms with van der Waals surface area (Å²) in [5.41, 5.74) is 3.63. The number of nitrogens with zero attached hydrogens (tertiary/aromatic N) is 2. The van der Waals surface area contributed by atoms with Crippen LogP contribution < -0.4 is 4.31 Å². The van der Waals surface area contributed by atoms with Crippen molar-refractivity contribution in [1.29, 1.82) is 0 Å². The highest BCUT2D eigenvalue weighted by atomic mass is 79.9. The van der Waals surface area contributed by atoms with E-state index in [1.807, 2.05) is 18.2 Å². The number of aromatic nitrogens is 2. The third kappa shape index (κ3) is 4.06. The molecule has 0 aliphatic carbocycles. The number of hydrogen-bond acceptors (Lipinski definition) is 5. The molecule has 0 atom stereocenters. The van der Waals surface area contributed by atoms with Crippen molar-refractivity contribution in [2.45, 2.75) is 4.90 Å². The summed E-state index contributed by atoms with van der Waals surface area (Å²) in [5.74, 6) is -0.537. The SMILES string of the molecule is COC(=O)c1cc2c([nH]c3cc(Br)ccc32)c(-c2ccc(N(C)S(=O)(=O)c3ccccc3)cc2)n1. The molecule has 35 heavy (non-hydrogen) atoms. The largest absolute Gasteiger partial charge is 0.464 e. The number of anilines is 1. The Hall–Kier alpha value is -3.69. The average molecular weight is 550 g/mol. The molecule has 0 aliphatic rings. The van der Waals surface area contributed by atoms with E-state index in [9.17, 15) is 13.2 Å². The van der Waals surface area contributed by atoms with Gasteiger partial charge < -0.3 is 9.72 Å². The Morgan fingerprint density at radius 3 is 2.37 bits per heavy atom. The number of H-pyrrole nitrogens is 1. The zero-order valence-corrected chi connectivity index (χ0v) is 21.2. The molecule has 0 saturated heterocycles. The molecule has 7 nitrogen and oxygen atoms in total. The van der Waals surface area contributed by atoms with E-state index in [0.717, 1.165) is 31.8 Å². The van der Waals surface area contributed by atoms with E-state index in [-0.39, 0.29) is 10.6 Å². The van der Waals surface area contributed by atoms with Crippen LogP contribution in [0.2, 0.25) is 0 Å². The lowest BCUT2D eigenvalue weighted by molar-refractivity contribution is 0.0594. The summed E-state index contributed by atoms with van der Waals surface area (Å²) in [6.07, 6.45) is 0. The van der Waals surface area contributed by atoms with Crippen molar-refractivity contribution in [3.05, 3.63) is 89.0 Å². The van der Waals surface area contributed by atoms with Crippen molar-refractivity contribution in [3.8, 4) is 11.3 Å². The van der Waals surface area contributed by atoms with E-state index in [2.05, 4.69) is 25.9 Å². The second kappa shape index (κ2) is 8.83. The first kappa shape index (κ1) is 23.1. The molecule has 0 amide bonds. The van der Waals surface area contributed by atoms with Crippen LogP contribution in [-0.4, -0.2) is 38.5 Å². The molecule has 3 aromatic carbocycles. The first-order valence-electron chi connectivity index (χ1n) is 10.6. The number of esters is 1. The molecule has 5 rings (SSSR count). The van der Waals surface area contributed by atoms with E-state index in [1.165, 1.54) is 18.5 Å². The van der Waals surface area contributed by atoms with Gasteiger partial charge in [0.05, 0.1) is 28.9 Å². The summed E-state index contributed by atoms with van der Waals surface area (Å²) in [6, 6.07) is 22.9. The summed E-state index contributed by atoms with van der Waals surface area (Å²) in [6.45, 7) is 0. The second-order valence-corrected chi connectivity index (χ2v) is 10.8. The average Bonchev–Trinajstić information content (AvgIpc) is 3.25. The van der Waals surface area contributed by atoms with Crippen LogP contribution >= 0.6 is 15.9 Å². The zero-order chi connectivity index (χ0) is 24.7. The van der Waals surface area contributed by atoms with E-state index in [0.29, 0.717) is 11.4 Å². The first-order valence-corrected chi connectivity index (χ1v) is 12.9. The van der Waals surface area contributed by atoms with E-state index < -0.39 is 16.0 Å². The minimum atomic E-state index is -3.70. The van der Waals surface area contributed by atoms with Crippen LogP contribution in [0.4, 0.5) is 5.69 Å². The quantitative estimate of drug-likeness (QED) is 0.281. The predicted molar refractivity (Wildman–Crippen MR) is 140 cm³/mol. The molecule has 0 bridgehead atoms. The van der Waals surface area contributed by atoms with Crippen molar-refractivity contribution in [2.75, 3.05) is 18.5 Å². The number of nitrogens with one attached hydrogen (secondary N) is 1. The van der Waals surface area contributed by atoms with E-state index in [1.54, 1.807) is 60.7 Å². The summed E-state index contributed by atoms with van der Waals surface area (Å²) < 4.78 is 33.1. The zero-order valence-electron chi connectivity index (χ0n) is 18.8. The number of pyridine rings is 1. The van der Waals surface area contributed by atoms with Gasteiger partial charge >= 0.3 is 5.97 Å². The van der Waals surface area contributed by atoms with Crippen LogP contribution in [0.15, 0.2) is 88.2 Å². The number of hydrogen-bond donors (Lipinski definition) is 1. The van der Waals surface area contributed by atoms with Crippen molar-refractivity contribution < 1.29 is 17.9 Å². The van der Waals surface area contributed by atoms with Crippen molar-refractivity contribution in [1.82, 2.24) is 9.97 Å². The molecule has 2 heterocycles. The van der Waals surface area contributed by atoms with Crippen LogP contribution in [0.1, 0.15) is 10.5 Å². The lowest BCUT2D eigenvalue weighted by atomic mass is 10.1. The molecule has 1 N–H and O–H groups in total. The highest BCUT2D eigenvalue weighted by Gasteiger charge is 2.22. The Balaban J connectivity index is 1.62. The van der Waals surface area contributed by atoms with Crippen LogP contribution in [0.25, 0.3) is 33.1 Å². The van der Waals surface area contributed by atoms with Gasteiger partial charge in [0.1, 0.15) is 5.69 Å². The number of carbonyl (C=O) groups excluding carboxylic acids is 1. The molecule has 2 aromatic heterocycles. The van der Waals surface area contributed by atoms with Crippen LogP contribution in [0.5, 0.6) is 0 Å². The fourth-order valence-corrected chi connectivity index (χ4v) is 5.59. The molecule has 5 aromatic rings. The van der Waals surface area contributed by atoms with Crippen molar-refractivity contribution in [3.63, 3.8) is 0 Å². The lowest BCUT2D eigenvalue weighted by Gasteiger charge is -2.20. The summed E-state index contributed by atoms with van der Waals surface area (Å²) in [4.78, 5) is 20.6. The van der Waals surface area contributed by atoms with Crippen molar-refractivity contribution >= 4 is 59.4 Å². The van der Waals surface area contributed by atoms with Gasteiger partial charge in [0.25, 0.3) is 10.0 Å². The normalized spacial score (nSPS) is 11.6. The molecule has 9 heteroatoms. The molecule has 0 aliphatic heterocycles. The molecule has 0 radical (unpaired) electrons. The van der Waals surface area contributed by atoms with E-state index in [4.69, 9.17) is 4.74 Å². The Kier molecular flexibility index (Phi) is 5.82. The molecule has 176 valence electrons. The minimum Gasteiger partial charge on any atom is -0.464 e. The van der Waals surface area contributed by atoms with Gasteiger partial charge in [-0.2, -0.15) is 0 Å². The molecule has 0 unspecified atom stereocenters. The van der Waals surface area contributed by atoms with Gasteiger partial charge in [-0.1, -0.05) is 52.3 Å². The first-order chi connectivity index (χ1) is 16.8. The fraction of sp³-hybridized carbons (Fsp3) is 0.0769. The Bertz CT molecular complexity index is 1680. The molecule has 0 fully saturated rings.